The van der Waals surface area contributed by atoms with Crippen LogP contribution in [0.1, 0.15) is 5.56 Å². The van der Waals surface area contributed by atoms with Crippen LogP contribution in [0.5, 0.6) is 17.2 Å². The first-order chi connectivity index (χ1) is 11.2. The number of ether oxygens (including phenoxy) is 3. The molecule has 0 unspecified atom stereocenters. The lowest BCUT2D eigenvalue weighted by Crippen LogP contribution is -2.21. The van der Waals surface area contributed by atoms with Crippen LogP contribution in [0.4, 0.5) is 5.69 Å². The molecule has 1 amide bonds. The Bertz CT molecular complexity index is 767. The van der Waals surface area contributed by atoms with Crippen LogP contribution in [0.2, 0.25) is 0 Å². The SMILES string of the molecule is COc1ccc(NC(=O)C2=Cc3ccccc3OC2)cc1OC. The van der Waals surface area contributed by atoms with E-state index in [4.69, 9.17) is 14.2 Å². The van der Waals surface area contributed by atoms with E-state index in [1.54, 1.807) is 32.4 Å². The summed E-state index contributed by atoms with van der Waals surface area (Å²) in [6, 6.07) is 12.8. The fourth-order valence-corrected chi connectivity index (χ4v) is 2.37. The molecule has 1 heterocycles. The topological polar surface area (TPSA) is 56.8 Å². The molecule has 0 bridgehead atoms. The molecule has 0 saturated heterocycles. The van der Waals surface area contributed by atoms with Gasteiger partial charge in [-0.05, 0) is 24.3 Å². The van der Waals surface area contributed by atoms with E-state index in [0.29, 0.717) is 22.8 Å². The molecule has 0 radical (unpaired) electrons. The number of amides is 1. The van der Waals surface area contributed by atoms with Crippen LogP contribution >= 0.6 is 0 Å². The lowest BCUT2D eigenvalue weighted by molar-refractivity contribution is -0.113. The highest BCUT2D eigenvalue weighted by molar-refractivity contribution is 6.07. The van der Waals surface area contributed by atoms with Gasteiger partial charge in [-0.2, -0.15) is 0 Å². The van der Waals surface area contributed by atoms with Gasteiger partial charge in [0.1, 0.15) is 12.4 Å². The highest BCUT2D eigenvalue weighted by Crippen LogP contribution is 2.30. The third kappa shape index (κ3) is 3.13. The first kappa shape index (κ1) is 15.0. The van der Waals surface area contributed by atoms with E-state index in [1.165, 1.54) is 0 Å². The van der Waals surface area contributed by atoms with Gasteiger partial charge in [-0.1, -0.05) is 18.2 Å². The molecule has 1 aliphatic heterocycles. The Kier molecular flexibility index (Phi) is 4.19. The summed E-state index contributed by atoms with van der Waals surface area (Å²) in [5.74, 6) is 1.76. The summed E-state index contributed by atoms with van der Waals surface area (Å²) in [6.45, 7) is 0.246. The van der Waals surface area contributed by atoms with Crippen LogP contribution in [-0.4, -0.2) is 26.7 Å². The zero-order chi connectivity index (χ0) is 16.2. The number of hydrogen-bond acceptors (Lipinski definition) is 4. The van der Waals surface area contributed by atoms with E-state index in [9.17, 15) is 4.79 Å². The Morgan fingerprint density at radius 1 is 1.09 bits per heavy atom. The molecule has 3 rings (SSSR count). The maximum Gasteiger partial charge on any atom is 0.255 e. The average Bonchev–Trinajstić information content (AvgIpc) is 2.61. The monoisotopic (exact) mass is 311 g/mol. The predicted octanol–water partition coefficient (Wildman–Crippen LogP) is 3.12. The van der Waals surface area contributed by atoms with Gasteiger partial charge < -0.3 is 19.5 Å². The van der Waals surface area contributed by atoms with E-state index in [2.05, 4.69) is 5.32 Å². The van der Waals surface area contributed by atoms with Gasteiger partial charge in [0.15, 0.2) is 11.5 Å². The number of rotatable bonds is 4. The van der Waals surface area contributed by atoms with Gasteiger partial charge in [0.2, 0.25) is 0 Å². The van der Waals surface area contributed by atoms with Crippen LogP contribution in [-0.2, 0) is 4.79 Å². The third-order valence-electron chi connectivity index (χ3n) is 3.56. The highest BCUT2D eigenvalue weighted by Gasteiger charge is 2.17. The lowest BCUT2D eigenvalue weighted by atomic mass is 10.1. The molecule has 0 aliphatic carbocycles. The maximum absolute atomic E-state index is 12.4. The van der Waals surface area contributed by atoms with Crippen LogP contribution in [0.3, 0.4) is 0 Å². The van der Waals surface area contributed by atoms with Crippen LogP contribution in [0.25, 0.3) is 6.08 Å². The number of nitrogens with one attached hydrogen (secondary N) is 1. The molecule has 0 fully saturated rings. The van der Waals surface area contributed by atoms with Crippen molar-refractivity contribution in [3.63, 3.8) is 0 Å². The largest absolute Gasteiger partial charge is 0.493 e. The molecule has 1 N–H and O–H groups in total. The predicted molar refractivity (Wildman–Crippen MR) is 88.1 cm³/mol. The van der Waals surface area contributed by atoms with Crippen LogP contribution in [0, 0.1) is 0 Å². The average molecular weight is 311 g/mol. The maximum atomic E-state index is 12.4. The van der Waals surface area contributed by atoms with E-state index in [1.807, 2.05) is 30.3 Å². The number of para-hydroxylation sites is 1. The molecule has 118 valence electrons. The van der Waals surface area contributed by atoms with E-state index < -0.39 is 0 Å². The fraction of sp³-hybridized carbons (Fsp3) is 0.167. The Morgan fingerprint density at radius 2 is 1.87 bits per heavy atom. The molecular weight excluding hydrogens is 294 g/mol. The minimum atomic E-state index is -0.202. The molecule has 0 aromatic heterocycles. The molecule has 0 atom stereocenters. The summed E-state index contributed by atoms with van der Waals surface area (Å²) < 4.78 is 16.0. The van der Waals surface area contributed by atoms with Crippen molar-refractivity contribution in [1.29, 1.82) is 0 Å². The van der Waals surface area contributed by atoms with E-state index >= 15 is 0 Å². The first-order valence-electron chi connectivity index (χ1n) is 7.17. The lowest BCUT2D eigenvalue weighted by Gasteiger charge is -2.17. The van der Waals surface area contributed by atoms with Crippen molar-refractivity contribution in [1.82, 2.24) is 0 Å². The smallest absolute Gasteiger partial charge is 0.255 e. The molecular formula is C18H17NO4. The van der Waals surface area contributed by atoms with Crippen molar-refractivity contribution in [2.75, 3.05) is 26.1 Å². The molecule has 0 saturated carbocycles. The first-order valence-corrected chi connectivity index (χ1v) is 7.17. The molecule has 1 aliphatic rings. The Morgan fingerprint density at radius 3 is 2.65 bits per heavy atom. The van der Waals surface area contributed by atoms with E-state index in [0.717, 1.165) is 11.3 Å². The molecule has 0 spiro atoms. The second kappa shape index (κ2) is 6.44. The van der Waals surface area contributed by atoms with Gasteiger partial charge in [-0.25, -0.2) is 0 Å². The summed E-state index contributed by atoms with van der Waals surface area (Å²) in [7, 11) is 3.12. The van der Waals surface area contributed by atoms with Gasteiger partial charge >= 0.3 is 0 Å². The fourth-order valence-electron chi connectivity index (χ4n) is 2.37. The van der Waals surface area contributed by atoms with E-state index in [-0.39, 0.29) is 12.5 Å². The van der Waals surface area contributed by atoms with Crippen molar-refractivity contribution in [3.8, 4) is 17.2 Å². The van der Waals surface area contributed by atoms with Gasteiger partial charge in [-0.15, -0.1) is 0 Å². The summed E-state index contributed by atoms with van der Waals surface area (Å²) in [4.78, 5) is 12.4. The number of anilines is 1. The number of carbonyl (C=O) groups excluding carboxylic acids is 1. The van der Waals surface area contributed by atoms with Gasteiger partial charge in [-0.3, -0.25) is 4.79 Å². The van der Waals surface area contributed by atoms with Crippen LogP contribution in [0.15, 0.2) is 48.0 Å². The molecule has 2 aromatic carbocycles. The zero-order valence-electron chi connectivity index (χ0n) is 13.0. The van der Waals surface area contributed by atoms with Gasteiger partial charge in [0, 0.05) is 17.3 Å². The Balaban J connectivity index is 1.79. The standard InChI is InChI=1S/C18H17NO4/c1-21-16-8-7-14(10-17(16)22-2)19-18(20)13-9-12-5-3-4-6-15(12)23-11-13/h3-10H,11H2,1-2H3,(H,19,20). The van der Waals surface area contributed by atoms with Crippen molar-refractivity contribution in [2.24, 2.45) is 0 Å². The Hall–Kier alpha value is -2.95. The van der Waals surface area contributed by atoms with Gasteiger partial charge in [0.25, 0.3) is 5.91 Å². The number of methoxy groups -OCH3 is 2. The third-order valence-corrected chi connectivity index (χ3v) is 3.56. The van der Waals surface area contributed by atoms with Crippen molar-refractivity contribution in [2.45, 2.75) is 0 Å². The number of fused-ring (bicyclic) bond motifs is 1. The molecule has 5 nitrogen and oxygen atoms in total. The quantitative estimate of drug-likeness (QED) is 0.942. The van der Waals surface area contributed by atoms with Crippen LogP contribution < -0.4 is 19.5 Å². The zero-order valence-corrected chi connectivity index (χ0v) is 13.0. The molecule has 23 heavy (non-hydrogen) atoms. The Labute approximate surface area is 134 Å². The second-order valence-corrected chi connectivity index (χ2v) is 5.02. The number of carbonyl (C=O) groups is 1. The number of benzene rings is 2. The van der Waals surface area contributed by atoms with Crippen molar-refractivity contribution in [3.05, 3.63) is 53.6 Å². The summed E-state index contributed by atoms with van der Waals surface area (Å²) in [6.07, 6.45) is 1.84. The van der Waals surface area contributed by atoms with Crippen molar-refractivity contribution < 1.29 is 19.0 Å². The number of hydrogen-bond donors (Lipinski definition) is 1. The molecule has 2 aromatic rings. The summed E-state index contributed by atoms with van der Waals surface area (Å²) in [5, 5.41) is 2.85. The minimum absolute atomic E-state index is 0.202. The van der Waals surface area contributed by atoms with Gasteiger partial charge in [0.05, 0.1) is 19.8 Å². The molecule has 5 heteroatoms. The summed E-state index contributed by atoms with van der Waals surface area (Å²) >= 11 is 0. The minimum Gasteiger partial charge on any atom is -0.493 e. The highest BCUT2D eigenvalue weighted by atomic mass is 16.5. The summed E-state index contributed by atoms with van der Waals surface area (Å²) in [5.41, 5.74) is 2.10. The second-order valence-electron chi connectivity index (χ2n) is 5.02. The normalized spacial score (nSPS) is 12.5. The van der Waals surface area contributed by atoms with Crippen molar-refractivity contribution >= 4 is 17.7 Å².